The second-order valence-electron chi connectivity index (χ2n) is 5.53. The molecule has 1 aliphatic heterocycles. The monoisotopic (exact) mass is 291 g/mol. The van der Waals surface area contributed by atoms with Gasteiger partial charge in [0.1, 0.15) is 5.75 Å². The number of nitrogen functional groups attached to an aromatic ring is 1. The average molecular weight is 291 g/mol. The summed E-state index contributed by atoms with van der Waals surface area (Å²) in [5.41, 5.74) is 7.04. The number of nitrogens with one attached hydrogen (secondary N) is 1. The van der Waals surface area contributed by atoms with Gasteiger partial charge in [-0.2, -0.15) is 0 Å². The van der Waals surface area contributed by atoms with Gasteiger partial charge in [0.15, 0.2) is 0 Å². The molecule has 0 saturated carbocycles. The number of rotatable bonds is 6. The quantitative estimate of drug-likeness (QED) is 0.785. The maximum atomic E-state index is 11.7. The fourth-order valence-corrected chi connectivity index (χ4v) is 2.73. The summed E-state index contributed by atoms with van der Waals surface area (Å²) in [7, 11) is 2.16. The van der Waals surface area contributed by atoms with Gasteiger partial charge in [0.25, 0.3) is 5.91 Å². The SMILES string of the molecule is CCNC(=O)c1ccc(OCCC2CCCN2C)c(N)c1. The molecule has 1 aliphatic rings. The van der Waals surface area contributed by atoms with Crippen molar-refractivity contribution in [3.8, 4) is 5.75 Å². The van der Waals surface area contributed by atoms with Crippen molar-refractivity contribution in [1.29, 1.82) is 0 Å². The molecular formula is C16H25N3O2. The summed E-state index contributed by atoms with van der Waals surface area (Å²) in [4.78, 5) is 14.1. The van der Waals surface area contributed by atoms with E-state index in [1.165, 1.54) is 19.4 Å². The van der Waals surface area contributed by atoms with Crippen molar-refractivity contribution >= 4 is 11.6 Å². The highest BCUT2D eigenvalue weighted by molar-refractivity contribution is 5.95. The van der Waals surface area contributed by atoms with E-state index in [1.807, 2.05) is 6.92 Å². The van der Waals surface area contributed by atoms with Crippen molar-refractivity contribution in [2.24, 2.45) is 0 Å². The molecule has 1 fully saturated rings. The van der Waals surface area contributed by atoms with E-state index in [2.05, 4.69) is 17.3 Å². The first-order valence-electron chi connectivity index (χ1n) is 7.62. The lowest BCUT2D eigenvalue weighted by Gasteiger charge is -2.19. The smallest absolute Gasteiger partial charge is 0.251 e. The number of hydrogen-bond acceptors (Lipinski definition) is 4. The predicted molar refractivity (Wildman–Crippen MR) is 84.6 cm³/mol. The largest absolute Gasteiger partial charge is 0.491 e. The van der Waals surface area contributed by atoms with Gasteiger partial charge in [0, 0.05) is 18.2 Å². The third-order valence-electron chi connectivity index (χ3n) is 3.99. The number of likely N-dealkylation sites (tertiary alicyclic amines) is 1. The highest BCUT2D eigenvalue weighted by Crippen LogP contribution is 2.24. The summed E-state index contributed by atoms with van der Waals surface area (Å²) < 4.78 is 5.76. The summed E-state index contributed by atoms with van der Waals surface area (Å²) in [6, 6.07) is 5.81. The van der Waals surface area contributed by atoms with Gasteiger partial charge in [0.05, 0.1) is 12.3 Å². The van der Waals surface area contributed by atoms with Gasteiger partial charge in [-0.05, 0) is 58.0 Å². The number of carbonyl (C=O) groups excluding carboxylic acids is 1. The van der Waals surface area contributed by atoms with E-state index in [4.69, 9.17) is 10.5 Å². The minimum Gasteiger partial charge on any atom is -0.491 e. The Hall–Kier alpha value is -1.75. The molecule has 0 aliphatic carbocycles. The van der Waals surface area contributed by atoms with E-state index in [1.54, 1.807) is 18.2 Å². The van der Waals surface area contributed by atoms with E-state index in [0.717, 1.165) is 6.42 Å². The van der Waals surface area contributed by atoms with Crippen LogP contribution in [0.5, 0.6) is 5.75 Å². The number of anilines is 1. The molecule has 2 rings (SSSR count). The summed E-state index contributed by atoms with van der Waals surface area (Å²) in [6.07, 6.45) is 3.52. The number of nitrogens with two attached hydrogens (primary N) is 1. The summed E-state index contributed by atoms with van der Waals surface area (Å²) in [5.74, 6) is 0.548. The maximum Gasteiger partial charge on any atom is 0.251 e. The molecule has 0 radical (unpaired) electrons. The molecule has 1 atom stereocenters. The predicted octanol–water partition coefficient (Wildman–Crippen LogP) is 1.88. The zero-order chi connectivity index (χ0) is 15.2. The van der Waals surface area contributed by atoms with Gasteiger partial charge in [0.2, 0.25) is 0 Å². The van der Waals surface area contributed by atoms with Crippen molar-refractivity contribution in [3.05, 3.63) is 23.8 Å². The number of hydrogen-bond donors (Lipinski definition) is 2. The van der Waals surface area contributed by atoms with Gasteiger partial charge in [-0.15, -0.1) is 0 Å². The highest BCUT2D eigenvalue weighted by atomic mass is 16.5. The molecule has 5 nitrogen and oxygen atoms in total. The Balaban J connectivity index is 1.87. The molecule has 1 saturated heterocycles. The third kappa shape index (κ3) is 4.11. The summed E-state index contributed by atoms with van der Waals surface area (Å²) in [5, 5.41) is 2.75. The molecule has 0 aromatic heterocycles. The van der Waals surface area contributed by atoms with Crippen molar-refractivity contribution in [2.75, 3.05) is 32.5 Å². The fraction of sp³-hybridized carbons (Fsp3) is 0.562. The number of nitrogens with zero attached hydrogens (tertiary/aromatic N) is 1. The van der Waals surface area contributed by atoms with Crippen molar-refractivity contribution in [2.45, 2.75) is 32.2 Å². The molecule has 1 heterocycles. The Morgan fingerprint density at radius 1 is 1.52 bits per heavy atom. The number of carbonyl (C=O) groups is 1. The van der Waals surface area contributed by atoms with E-state index >= 15 is 0 Å². The van der Waals surface area contributed by atoms with Gasteiger partial charge in [-0.1, -0.05) is 0 Å². The Bertz CT molecular complexity index is 490. The van der Waals surface area contributed by atoms with Crippen LogP contribution in [-0.2, 0) is 0 Å². The maximum absolute atomic E-state index is 11.7. The van der Waals surface area contributed by atoms with Crippen LogP contribution < -0.4 is 15.8 Å². The Morgan fingerprint density at radius 3 is 2.95 bits per heavy atom. The summed E-state index contributed by atoms with van der Waals surface area (Å²) >= 11 is 0. The van der Waals surface area contributed by atoms with Crippen LogP contribution in [0.15, 0.2) is 18.2 Å². The normalized spacial score (nSPS) is 18.7. The van der Waals surface area contributed by atoms with E-state index in [-0.39, 0.29) is 5.91 Å². The molecule has 0 bridgehead atoms. The standard InChI is InChI=1S/C16H25N3O2/c1-3-18-16(20)12-6-7-15(14(17)11-12)21-10-8-13-5-4-9-19(13)2/h6-7,11,13H,3-5,8-10,17H2,1-2H3,(H,18,20). The van der Waals surface area contributed by atoms with E-state index in [0.29, 0.717) is 36.2 Å². The Labute approximate surface area is 126 Å². The first-order valence-corrected chi connectivity index (χ1v) is 7.62. The molecule has 1 amide bonds. The van der Waals surface area contributed by atoms with Crippen LogP contribution >= 0.6 is 0 Å². The molecule has 1 aromatic rings. The van der Waals surface area contributed by atoms with Crippen molar-refractivity contribution < 1.29 is 9.53 Å². The topological polar surface area (TPSA) is 67.6 Å². The zero-order valence-corrected chi connectivity index (χ0v) is 12.9. The van der Waals surface area contributed by atoms with Crippen LogP contribution in [0.2, 0.25) is 0 Å². The number of amides is 1. The second kappa shape index (κ2) is 7.31. The fourth-order valence-electron chi connectivity index (χ4n) is 2.73. The van der Waals surface area contributed by atoms with Crippen molar-refractivity contribution in [1.82, 2.24) is 10.2 Å². The van der Waals surface area contributed by atoms with Crippen LogP contribution in [-0.4, -0.2) is 43.6 Å². The van der Waals surface area contributed by atoms with Crippen LogP contribution in [0.25, 0.3) is 0 Å². The van der Waals surface area contributed by atoms with Crippen LogP contribution in [0.3, 0.4) is 0 Å². The van der Waals surface area contributed by atoms with Crippen LogP contribution in [0, 0.1) is 0 Å². The lowest BCUT2D eigenvalue weighted by molar-refractivity contribution is 0.0956. The minimum atomic E-state index is -0.108. The average Bonchev–Trinajstić information content (AvgIpc) is 2.86. The van der Waals surface area contributed by atoms with Crippen LogP contribution in [0.1, 0.15) is 36.5 Å². The van der Waals surface area contributed by atoms with Gasteiger partial charge in [-0.25, -0.2) is 0 Å². The molecular weight excluding hydrogens is 266 g/mol. The molecule has 21 heavy (non-hydrogen) atoms. The number of ether oxygens (including phenoxy) is 1. The first-order chi connectivity index (χ1) is 10.1. The first kappa shape index (κ1) is 15.6. The Morgan fingerprint density at radius 2 is 2.33 bits per heavy atom. The van der Waals surface area contributed by atoms with Crippen LogP contribution in [0.4, 0.5) is 5.69 Å². The lowest BCUT2D eigenvalue weighted by Crippen LogP contribution is -2.26. The Kier molecular flexibility index (Phi) is 5.44. The molecule has 1 aromatic carbocycles. The molecule has 5 heteroatoms. The minimum absolute atomic E-state index is 0.108. The molecule has 116 valence electrons. The number of benzene rings is 1. The molecule has 3 N–H and O–H groups in total. The lowest BCUT2D eigenvalue weighted by atomic mass is 10.1. The van der Waals surface area contributed by atoms with Gasteiger partial charge < -0.3 is 20.7 Å². The summed E-state index contributed by atoms with van der Waals surface area (Å²) in [6.45, 7) is 4.32. The molecule has 1 unspecified atom stereocenters. The van der Waals surface area contributed by atoms with Gasteiger partial charge >= 0.3 is 0 Å². The second-order valence-corrected chi connectivity index (χ2v) is 5.53. The zero-order valence-electron chi connectivity index (χ0n) is 12.9. The van der Waals surface area contributed by atoms with Crippen molar-refractivity contribution in [3.63, 3.8) is 0 Å². The van der Waals surface area contributed by atoms with Gasteiger partial charge in [-0.3, -0.25) is 4.79 Å². The highest BCUT2D eigenvalue weighted by Gasteiger charge is 2.20. The molecule has 0 spiro atoms. The third-order valence-corrected chi connectivity index (χ3v) is 3.99. The van der Waals surface area contributed by atoms with E-state index < -0.39 is 0 Å². The van der Waals surface area contributed by atoms with E-state index in [9.17, 15) is 4.79 Å².